The molecule has 0 radical (unpaired) electrons. The Labute approximate surface area is 728 Å². The van der Waals surface area contributed by atoms with Gasteiger partial charge in [-0.05, 0) is 149 Å². The van der Waals surface area contributed by atoms with Crippen LogP contribution in [0.25, 0.3) is 21.9 Å². The van der Waals surface area contributed by atoms with Crippen LogP contribution in [0.2, 0.25) is 0 Å². The van der Waals surface area contributed by atoms with Gasteiger partial charge in [0.15, 0.2) is 0 Å². The van der Waals surface area contributed by atoms with E-state index in [1.807, 2.05) is 62.5 Å². The molecule has 694 valence electrons. The highest BCUT2D eigenvalue weighted by Gasteiger charge is 2.40. The summed E-state index contributed by atoms with van der Waals surface area (Å²) in [5.74, 6) is -17.7. The number of para-hydroxylation sites is 2. The van der Waals surface area contributed by atoms with Crippen molar-refractivity contribution in [2.45, 2.75) is 277 Å². The van der Waals surface area contributed by atoms with Gasteiger partial charge in [0, 0.05) is 30.2 Å². The van der Waals surface area contributed by atoms with Crippen LogP contribution in [0.4, 0.5) is 0 Å². The molecule has 1 heterocycles. The number of aliphatic hydroxyl groups is 1. The average molecular weight is 1770 g/mol. The Hall–Kier alpha value is -10.6. The summed E-state index contributed by atoms with van der Waals surface area (Å²) in [5, 5.41) is 64.1. The molecule has 124 heavy (non-hydrogen) atoms. The fourth-order valence-corrected chi connectivity index (χ4v) is 14.0. The van der Waals surface area contributed by atoms with Crippen LogP contribution in [0.5, 0.6) is 0 Å². The lowest BCUT2D eigenvalue weighted by Crippen LogP contribution is -2.62. The number of hydrogen-bond donors (Lipinski definition) is 21. The van der Waals surface area contributed by atoms with Crippen LogP contribution in [0.3, 0.4) is 0 Å². The molecule has 15 atom stereocenters. The van der Waals surface area contributed by atoms with Gasteiger partial charge in [0.1, 0.15) is 89.7 Å². The van der Waals surface area contributed by atoms with Crippen LogP contribution in [0, 0.1) is 35.5 Å². The lowest BCUT2D eigenvalue weighted by Gasteiger charge is -2.31. The van der Waals surface area contributed by atoms with Crippen LogP contribution in [-0.2, 0) is 94.3 Å². The number of fused-ring (bicyclic) bond motifs is 3. The normalized spacial score (nSPS) is 15.1. The van der Waals surface area contributed by atoms with Crippen molar-refractivity contribution in [1.82, 2.24) is 69.1 Å². The first-order valence-electron chi connectivity index (χ1n) is 42.6. The number of nitrogens with one attached hydrogen (secondary N) is 13. The maximum absolute atomic E-state index is 14.6. The third kappa shape index (κ3) is 36.3. The van der Waals surface area contributed by atoms with Crippen molar-refractivity contribution in [1.29, 1.82) is 0 Å². The summed E-state index contributed by atoms with van der Waals surface area (Å²) in [6.45, 7) is 20.7. The first-order valence-corrected chi connectivity index (χ1v) is 44.0. The van der Waals surface area contributed by atoms with Crippen molar-refractivity contribution in [3.8, 4) is 0 Å². The third-order valence-corrected chi connectivity index (χ3v) is 21.7. The predicted octanol–water partition coefficient (Wildman–Crippen LogP) is -0.478. The molecule has 0 aliphatic rings. The zero-order valence-corrected chi connectivity index (χ0v) is 74.5. The molecule has 0 saturated carbocycles. The molecule has 3 rings (SSSR count). The van der Waals surface area contributed by atoms with Gasteiger partial charge in [-0.25, -0.2) is 4.79 Å². The Kier molecular flexibility index (Phi) is 47.7. The Morgan fingerprint density at radius 3 is 1.23 bits per heavy atom. The zero-order chi connectivity index (χ0) is 93.4. The topological polar surface area (TPSA) is 651 Å². The standard InChI is InChI=1S/C84H136N18O21S/c1-14-47(11)68(82(119)102-69(48(12)15-2)83(120)101-67(46(9)10)81(118)93-55(27-17-19-35-86)75(112)96-59(39-44(5)6)78(115)97-60(40-63(89)105)79(116)98-61(84(121)122)41-65(107)108)99-64(106)31-28-49-22-20-24-51-52-25-21-23-50(71(52)123-70(49)51)32-36-90-73(110)58(38-43(3)4)95-74(111)54(26-16-18-34-85)91-77(114)57(33-37-124-13)92-76(113)56(29-30-62(88)104)94-80(117)66(45(7)8)100-72(109)53(87)42-103/h20-25,43-48,53-61,66-69,103H,14-19,26-42,85-87H2,1-13H3,(H2,88,104)(H2,89,105)(H,90,110)(H,91,114)(H,92,113)(H,93,118)(H,94,117)(H,95,111)(H,96,112)(H,97,115)(H,98,116)(H,99,106)(H,100,109)(H,101,120)(H,102,119)(H,107,108)(H,121,122)/t47-,48-,53-,54-,55-,56-,57-,58-,59-,60-,61-,66-,67-,68-,69-/m0/s1. The van der Waals surface area contributed by atoms with Gasteiger partial charge in [-0.1, -0.05) is 132 Å². The molecular formula is C84H136N18O21S. The summed E-state index contributed by atoms with van der Waals surface area (Å²) in [4.78, 5) is 230. The highest BCUT2D eigenvalue weighted by molar-refractivity contribution is 7.98. The highest BCUT2D eigenvalue weighted by atomic mass is 32.2. The number of benzene rings is 2. The minimum atomic E-state index is -1.95. The molecule has 2 aromatic carbocycles. The van der Waals surface area contributed by atoms with E-state index in [9.17, 15) is 96.8 Å². The Morgan fingerprint density at radius 2 is 0.806 bits per heavy atom. The van der Waals surface area contributed by atoms with Crippen LogP contribution in [0.1, 0.15) is 197 Å². The number of hydrogen-bond acceptors (Lipinski definition) is 23. The van der Waals surface area contributed by atoms with Gasteiger partial charge in [0.05, 0.1) is 19.4 Å². The Bertz CT molecular complexity index is 4110. The summed E-state index contributed by atoms with van der Waals surface area (Å²) in [6.07, 6.45) is 2.19. The van der Waals surface area contributed by atoms with Gasteiger partial charge in [0.25, 0.3) is 0 Å². The second-order valence-corrected chi connectivity index (χ2v) is 34.0. The van der Waals surface area contributed by atoms with Gasteiger partial charge in [0.2, 0.25) is 88.6 Å². The third-order valence-electron chi connectivity index (χ3n) is 21.1. The number of carbonyl (C=O) groups is 17. The van der Waals surface area contributed by atoms with E-state index in [1.54, 1.807) is 68.6 Å². The Balaban J connectivity index is 1.84. The van der Waals surface area contributed by atoms with E-state index in [-0.39, 0.29) is 95.7 Å². The molecule has 3 aromatic rings. The summed E-state index contributed by atoms with van der Waals surface area (Å²) < 4.78 is 6.63. The Morgan fingerprint density at radius 1 is 0.419 bits per heavy atom. The van der Waals surface area contributed by atoms with E-state index < -0.39 is 222 Å². The first kappa shape index (κ1) is 108. The molecule has 26 N–H and O–H groups in total. The van der Waals surface area contributed by atoms with Crippen LogP contribution in [-0.4, -0.2) is 233 Å². The second kappa shape index (κ2) is 54.9. The number of aryl methyl sites for hydroxylation is 1. The molecule has 0 unspecified atom stereocenters. The molecule has 39 nitrogen and oxygen atoms in total. The largest absolute Gasteiger partial charge is 0.481 e. The minimum Gasteiger partial charge on any atom is -0.481 e. The van der Waals surface area contributed by atoms with Crippen molar-refractivity contribution in [3.63, 3.8) is 0 Å². The number of aliphatic hydroxyl groups excluding tert-OH is 1. The van der Waals surface area contributed by atoms with Gasteiger partial charge in [-0.15, -0.1) is 0 Å². The lowest BCUT2D eigenvalue weighted by molar-refractivity contribution is -0.147. The SMILES string of the molecule is CC[C@H](C)[C@H](NC(=O)CCc1cccc2c1oc1c(CCNC(=O)[C@H](CC(C)C)NC(=O)[C@H](CCCCN)NC(=O)[C@H](CCSC)NC(=O)[C@H](CCC(N)=O)NC(=O)[C@@H](NC(=O)[C@@H](N)CO)C(C)C)cccc12)C(=O)N[C@H](C(=O)N[C@H](C(=O)N[C@@H](CCCCN)C(=O)N[C@@H](CC(C)C)C(=O)N[C@@H](CC(N)=O)C(=O)N[C@@H](CC(=O)O)C(=O)O)C(C)C)[C@@H](C)CC. The number of carbonyl (C=O) groups excluding carboxylic acids is 15. The van der Waals surface area contributed by atoms with Crippen molar-refractivity contribution in [2.24, 2.45) is 64.2 Å². The van der Waals surface area contributed by atoms with Crippen LogP contribution < -0.4 is 97.8 Å². The lowest BCUT2D eigenvalue weighted by atomic mass is 9.94. The fraction of sp³-hybridized carbons (Fsp3) is 0.655. The predicted molar refractivity (Wildman–Crippen MR) is 465 cm³/mol. The number of rotatable bonds is 60. The highest BCUT2D eigenvalue weighted by Crippen LogP contribution is 2.34. The second-order valence-electron chi connectivity index (χ2n) is 33.0. The number of aliphatic carboxylic acids is 2. The van der Waals surface area contributed by atoms with Gasteiger partial charge >= 0.3 is 11.9 Å². The maximum Gasteiger partial charge on any atom is 0.326 e. The van der Waals surface area contributed by atoms with E-state index in [2.05, 4.69) is 63.8 Å². The number of nitrogens with two attached hydrogens (primary N) is 5. The molecule has 0 fully saturated rings. The molecule has 0 aliphatic carbocycles. The first-order chi connectivity index (χ1) is 58.5. The molecule has 0 spiro atoms. The molecule has 15 amide bonds. The van der Waals surface area contributed by atoms with E-state index in [0.717, 1.165) is 16.3 Å². The maximum atomic E-state index is 14.6. The molecule has 40 heteroatoms. The van der Waals surface area contributed by atoms with Crippen molar-refractivity contribution >= 4 is 134 Å². The molecule has 0 saturated heterocycles. The van der Waals surface area contributed by atoms with Gasteiger partial charge < -0.3 is 118 Å². The van der Waals surface area contributed by atoms with E-state index in [4.69, 9.17) is 33.1 Å². The van der Waals surface area contributed by atoms with Crippen molar-refractivity contribution in [3.05, 3.63) is 47.5 Å². The van der Waals surface area contributed by atoms with Crippen LogP contribution in [0.15, 0.2) is 40.8 Å². The number of unbranched alkanes of at least 4 members (excludes halogenated alkanes) is 2. The quantitative estimate of drug-likeness (QED) is 0.0317. The smallest absolute Gasteiger partial charge is 0.326 e. The van der Waals surface area contributed by atoms with E-state index in [1.165, 1.54) is 11.8 Å². The summed E-state index contributed by atoms with van der Waals surface area (Å²) >= 11 is 1.37. The van der Waals surface area contributed by atoms with Gasteiger partial charge in [-0.2, -0.15) is 11.8 Å². The molecule has 1 aromatic heterocycles. The number of carboxylic acids is 2. The number of amides is 15. The number of carboxylic acid groups (broad SMARTS) is 2. The molecular weight excluding hydrogens is 1630 g/mol. The zero-order valence-electron chi connectivity index (χ0n) is 73.7. The van der Waals surface area contributed by atoms with Crippen LogP contribution >= 0.6 is 11.8 Å². The average Bonchev–Trinajstić information content (AvgIpc) is 1.62. The van der Waals surface area contributed by atoms with Gasteiger partial charge in [-0.3, -0.25) is 76.7 Å². The van der Waals surface area contributed by atoms with Crippen molar-refractivity contribution in [2.75, 3.05) is 38.2 Å². The summed E-state index contributed by atoms with van der Waals surface area (Å²) in [6, 6.07) is -6.78. The summed E-state index contributed by atoms with van der Waals surface area (Å²) in [5.41, 5.74) is 30.5. The number of thioether (sulfide) groups is 1. The number of primary amides is 2. The molecule has 0 aliphatic heterocycles. The number of furan rings is 1. The molecule has 0 bridgehead atoms. The summed E-state index contributed by atoms with van der Waals surface area (Å²) in [7, 11) is 0. The fourth-order valence-electron chi connectivity index (χ4n) is 13.5. The monoisotopic (exact) mass is 1760 g/mol. The van der Waals surface area contributed by atoms with E-state index >= 15 is 0 Å². The van der Waals surface area contributed by atoms with E-state index in [0.29, 0.717) is 61.0 Å². The minimum absolute atomic E-state index is 0.0124. The van der Waals surface area contributed by atoms with Crippen molar-refractivity contribution < 1.29 is 101 Å².